The van der Waals surface area contributed by atoms with Crippen LogP contribution in [0.1, 0.15) is 57.2 Å². The summed E-state index contributed by atoms with van der Waals surface area (Å²) in [7, 11) is 3.71. The van der Waals surface area contributed by atoms with Gasteiger partial charge in [0, 0.05) is 56.0 Å². The van der Waals surface area contributed by atoms with Crippen LogP contribution < -0.4 is 4.74 Å². The highest BCUT2D eigenvalue weighted by molar-refractivity contribution is 6.33. The first kappa shape index (κ1) is 33.1. The van der Waals surface area contributed by atoms with Crippen LogP contribution in [0.3, 0.4) is 0 Å². The van der Waals surface area contributed by atoms with Crippen molar-refractivity contribution < 1.29 is 19.8 Å². The van der Waals surface area contributed by atoms with Crippen molar-refractivity contribution in [3.8, 4) is 11.5 Å². The molecule has 2 N–H and O–H groups in total. The number of likely N-dealkylation sites (N-methyl/N-ethyl adjacent to an activating group) is 1. The predicted molar refractivity (Wildman–Crippen MR) is 169 cm³/mol. The average molecular weight is 589 g/mol. The number of aliphatic hydroxyl groups excluding tert-OH is 1. The van der Waals surface area contributed by atoms with Gasteiger partial charge in [-0.2, -0.15) is 0 Å². The number of hydrogen-bond acceptors (Lipinski definition) is 8. The van der Waals surface area contributed by atoms with Crippen molar-refractivity contribution in [1.29, 1.82) is 0 Å². The summed E-state index contributed by atoms with van der Waals surface area (Å²) < 4.78 is 5.56. The van der Waals surface area contributed by atoms with Gasteiger partial charge in [-0.3, -0.25) is 9.89 Å². The van der Waals surface area contributed by atoms with E-state index in [9.17, 15) is 5.11 Å². The largest absolute Gasteiger partial charge is 0.507 e. The van der Waals surface area contributed by atoms with Crippen LogP contribution >= 0.6 is 11.6 Å². The molecule has 0 bridgehead atoms. The normalized spacial score (nSPS) is 26.0. The molecule has 41 heavy (non-hydrogen) atoms. The maximum absolute atomic E-state index is 11.0. The van der Waals surface area contributed by atoms with E-state index in [1.54, 1.807) is 14.0 Å². The molecule has 0 spiro atoms. The number of nitrogens with zero attached hydrogens (tertiary/aromatic N) is 4. The van der Waals surface area contributed by atoms with Crippen molar-refractivity contribution in [3.63, 3.8) is 0 Å². The summed E-state index contributed by atoms with van der Waals surface area (Å²) >= 11 is 6.57. The Labute approximate surface area is 251 Å². The fraction of sp³-hybridized carbons (Fsp3) is 0.625. The molecule has 0 amide bonds. The lowest BCUT2D eigenvalue weighted by Gasteiger charge is -2.43. The first-order valence-electron chi connectivity index (χ1n) is 14.7. The van der Waals surface area contributed by atoms with Crippen molar-refractivity contribution in [2.45, 2.75) is 53.9 Å². The van der Waals surface area contributed by atoms with Gasteiger partial charge in [-0.05, 0) is 57.1 Å². The number of aliphatic hydroxyl groups is 1. The molecule has 0 radical (unpaired) electrons. The van der Waals surface area contributed by atoms with Gasteiger partial charge in [0.15, 0.2) is 0 Å². The molecule has 3 rings (SSSR count). The van der Waals surface area contributed by atoms with Gasteiger partial charge in [-0.1, -0.05) is 61.3 Å². The van der Waals surface area contributed by atoms with Gasteiger partial charge in [0.25, 0.3) is 0 Å². The van der Waals surface area contributed by atoms with Crippen LogP contribution in [-0.4, -0.2) is 92.2 Å². The van der Waals surface area contributed by atoms with Gasteiger partial charge in [0.05, 0.1) is 17.8 Å². The Balaban J connectivity index is 1.70. The lowest BCUT2D eigenvalue weighted by Crippen LogP contribution is -2.45. The molecule has 9 heteroatoms. The first-order valence-corrected chi connectivity index (χ1v) is 15.0. The summed E-state index contributed by atoms with van der Waals surface area (Å²) in [5, 5.41) is 25.2. The molecule has 2 aliphatic rings. The van der Waals surface area contributed by atoms with Crippen LogP contribution in [0.25, 0.3) is 0 Å². The zero-order chi connectivity index (χ0) is 30.2. The molecular formula is C32H49ClN4O4. The molecule has 3 atom stereocenters. The van der Waals surface area contributed by atoms with E-state index >= 15 is 0 Å². The van der Waals surface area contributed by atoms with Gasteiger partial charge in [-0.15, -0.1) is 0 Å². The number of benzene rings is 1. The van der Waals surface area contributed by atoms with Gasteiger partial charge < -0.3 is 24.7 Å². The van der Waals surface area contributed by atoms with Crippen LogP contribution in [0.5, 0.6) is 11.5 Å². The number of rotatable bonds is 11. The number of methoxy groups -OCH3 is 1. The summed E-state index contributed by atoms with van der Waals surface area (Å²) in [6.07, 6.45) is 10.4. The highest BCUT2D eigenvalue weighted by Gasteiger charge is 2.41. The monoisotopic (exact) mass is 588 g/mol. The molecule has 1 heterocycles. The molecule has 1 aromatic rings. The Bertz CT molecular complexity index is 1160. The molecular weight excluding hydrogens is 540 g/mol. The number of halogens is 1. The van der Waals surface area contributed by atoms with Crippen LogP contribution in [0.15, 0.2) is 33.9 Å². The van der Waals surface area contributed by atoms with E-state index in [0.717, 1.165) is 56.9 Å². The number of allylic oxidation sites excluding steroid dienone is 4. The lowest BCUT2D eigenvalue weighted by atomic mass is 9.61. The summed E-state index contributed by atoms with van der Waals surface area (Å²) in [6.45, 7) is 16.3. The van der Waals surface area contributed by atoms with E-state index in [2.05, 4.69) is 72.9 Å². The van der Waals surface area contributed by atoms with Crippen LogP contribution in [0, 0.1) is 24.2 Å². The molecule has 0 aromatic heterocycles. The quantitative estimate of drug-likeness (QED) is 0.154. The van der Waals surface area contributed by atoms with Crippen molar-refractivity contribution in [1.82, 2.24) is 9.80 Å². The number of ether oxygens (including phenoxy) is 1. The van der Waals surface area contributed by atoms with E-state index in [4.69, 9.17) is 26.3 Å². The van der Waals surface area contributed by atoms with E-state index < -0.39 is 0 Å². The molecule has 0 unspecified atom stereocenters. The van der Waals surface area contributed by atoms with Gasteiger partial charge in [0.2, 0.25) is 0 Å². The lowest BCUT2D eigenvalue weighted by molar-refractivity contribution is 0.0821. The number of oxime groups is 1. The third kappa shape index (κ3) is 8.13. The molecule has 1 aromatic carbocycles. The summed E-state index contributed by atoms with van der Waals surface area (Å²) in [5.74, 6) is 1.27. The predicted octanol–water partition coefficient (Wildman–Crippen LogP) is 5.47. The number of hydrogen-bond donors (Lipinski definition) is 2. The summed E-state index contributed by atoms with van der Waals surface area (Å²) in [5.41, 5.74) is 3.86. The minimum absolute atomic E-state index is 0.0592. The van der Waals surface area contributed by atoms with Crippen LogP contribution in [0.4, 0.5) is 0 Å². The van der Waals surface area contributed by atoms with Crippen LogP contribution in [0.2, 0.25) is 5.02 Å². The van der Waals surface area contributed by atoms with Gasteiger partial charge >= 0.3 is 0 Å². The SMILES string of the molecule is COc1c(Cl)c(C)c(/C=N/CO)c(O)c1C/C=C(C)/C=C/[C@@]1(C)[C@H](C)CC/C(=N\OCCN2CCN(C)CC2)[C@@H]1C. The highest BCUT2D eigenvalue weighted by atomic mass is 35.5. The molecule has 228 valence electrons. The Hall–Kier alpha value is -2.39. The topological polar surface area (TPSA) is 90.1 Å². The first-order chi connectivity index (χ1) is 19.5. The standard InChI is InChI=1S/C32H49ClN4O4/c1-22(8-10-26-30(39)27(20-34-21-38)24(3)29(33)31(26)40-7)12-13-32(5)23(2)9-11-28(25(32)4)35-41-19-18-37-16-14-36(6)15-17-37/h8,12-13,20,23,25,38-39H,9-11,14-19,21H2,1-7H3/b13-12+,22-8+,34-20+,35-28+/t23-,25+,32+/m1/s1. The second kappa shape index (κ2) is 15.2. The molecule has 1 saturated heterocycles. The molecule has 2 fully saturated rings. The second-order valence-corrected chi connectivity index (χ2v) is 12.1. The highest BCUT2D eigenvalue weighted by Crippen LogP contribution is 2.45. The third-order valence-corrected chi connectivity index (χ3v) is 9.65. The number of piperazine rings is 1. The minimum Gasteiger partial charge on any atom is -0.507 e. The Kier molecular flexibility index (Phi) is 12.3. The Morgan fingerprint density at radius 3 is 2.59 bits per heavy atom. The fourth-order valence-corrected chi connectivity index (χ4v) is 5.98. The van der Waals surface area contributed by atoms with E-state index in [0.29, 0.717) is 46.4 Å². The maximum Gasteiger partial charge on any atom is 0.144 e. The van der Waals surface area contributed by atoms with Crippen molar-refractivity contribution in [2.75, 3.05) is 60.2 Å². The van der Waals surface area contributed by atoms with E-state index in [-0.39, 0.29) is 23.8 Å². The Morgan fingerprint density at radius 2 is 1.93 bits per heavy atom. The van der Waals surface area contributed by atoms with Gasteiger partial charge in [0.1, 0.15) is 24.8 Å². The van der Waals surface area contributed by atoms with Crippen molar-refractivity contribution in [2.24, 2.45) is 27.4 Å². The van der Waals surface area contributed by atoms with Crippen molar-refractivity contribution >= 4 is 23.5 Å². The van der Waals surface area contributed by atoms with E-state index in [1.807, 2.05) is 0 Å². The molecule has 1 aliphatic carbocycles. The Morgan fingerprint density at radius 1 is 1.22 bits per heavy atom. The molecule has 8 nitrogen and oxygen atoms in total. The van der Waals surface area contributed by atoms with Crippen molar-refractivity contribution in [3.05, 3.63) is 45.5 Å². The molecule has 1 aliphatic heterocycles. The van der Waals surface area contributed by atoms with Gasteiger partial charge in [-0.25, -0.2) is 0 Å². The number of phenolic OH excluding ortho intramolecular Hbond substituents is 1. The third-order valence-electron chi connectivity index (χ3n) is 9.19. The fourth-order valence-electron chi connectivity index (χ4n) is 5.68. The number of aliphatic imine (C=N–C) groups is 1. The second-order valence-electron chi connectivity index (χ2n) is 11.7. The zero-order valence-corrected chi connectivity index (χ0v) is 26.7. The maximum atomic E-state index is 11.0. The molecule has 1 saturated carbocycles. The summed E-state index contributed by atoms with van der Waals surface area (Å²) in [4.78, 5) is 14.5. The average Bonchev–Trinajstić information content (AvgIpc) is 2.96. The summed E-state index contributed by atoms with van der Waals surface area (Å²) in [6, 6.07) is 0. The smallest absolute Gasteiger partial charge is 0.144 e. The number of phenols is 1. The number of aromatic hydroxyl groups is 1. The van der Waals surface area contributed by atoms with E-state index in [1.165, 1.54) is 6.21 Å². The minimum atomic E-state index is -0.369. The van der Waals surface area contributed by atoms with Crippen LogP contribution in [-0.2, 0) is 11.3 Å². The zero-order valence-electron chi connectivity index (χ0n) is 25.9.